The molecule has 10 heteroatoms. The van der Waals surface area contributed by atoms with Crippen LogP contribution in [0.4, 0.5) is 17.1 Å². The summed E-state index contributed by atoms with van der Waals surface area (Å²) in [6, 6.07) is 8.57. The molecule has 9 nitrogen and oxygen atoms in total. The number of methoxy groups -OCH3 is 1. The Balaban J connectivity index is 1.79. The van der Waals surface area contributed by atoms with E-state index < -0.39 is 16.7 Å². The summed E-state index contributed by atoms with van der Waals surface area (Å²) in [4.78, 5) is 36.1. The number of hydrogen-bond acceptors (Lipinski definition) is 6. The highest BCUT2D eigenvalue weighted by molar-refractivity contribution is 6.32. The van der Waals surface area contributed by atoms with Gasteiger partial charge in [-0.15, -0.1) is 0 Å². The van der Waals surface area contributed by atoms with Crippen molar-refractivity contribution in [2.75, 3.05) is 30.5 Å². The first-order chi connectivity index (χ1) is 12.9. The van der Waals surface area contributed by atoms with Crippen LogP contribution in [-0.4, -0.2) is 37.0 Å². The summed E-state index contributed by atoms with van der Waals surface area (Å²) < 4.78 is 10.3. The number of carbonyl (C=O) groups is 2. The van der Waals surface area contributed by atoms with E-state index in [-0.39, 0.29) is 24.5 Å². The predicted octanol–water partition coefficient (Wildman–Crippen LogP) is 2.62. The Kier molecular flexibility index (Phi) is 5.13. The van der Waals surface area contributed by atoms with E-state index in [1.165, 1.54) is 31.4 Å². The molecule has 0 aromatic heterocycles. The van der Waals surface area contributed by atoms with Crippen LogP contribution in [0.3, 0.4) is 0 Å². The number of amides is 2. The molecule has 27 heavy (non-hydrogen) atoms. The molecule has 2 amide bonds. The number of halogens is 1. The second-order valence-corrected chi connectivity index (χ2v) is 5.98. The van der Waals surface area contributed by atoms with Gasteiger partial charge in [0, 0.05) is 17.8 Å². The number of benzene rings is 2. The molecule has 0 saturated carbocycles. The molecule has 2 aromatic rings. The van der Waals surface area contributed by atoms with Gasteiger partial charge >= 0.3 is 0 Å². The van der Waals surface area contributed by atoms with Crippen LogP contribution >= 0.6 is 11.6 Å². The van der Waals surface area contributed by atoms with E-state index in [9.17, 15) is 19.7 Å². The van der Waals surface area contributed by atoms with Crippen molar-refractivity contribution in [3.05, 3.63) is 51.5 Å². The molecule has 0 saturated heterocycles. The number of nitro groups is 1. The van der Waals surface area contributed by atoms with Crippen molar-refractivity contribution < 1.29 is 24.0 Å². The third kappa shape index (κ3) is 3.93. The minimum atomic E-state index is -0.586. The fraction of sp³-hybridized carbons (Fsp3) is 0.176. The van der Waals surface area contributed by atoms with Crippen molar-refractivity contribution in [2.45, 2.75) is 0 Å². The van der Waals surface area contributed by atoms with E-state index in [4.69, 9.17) is 21.1 Å². The molecule has 0 fully saturated rings. The molecule has 0 aliphatic carbocycles. The van der Waals surface area contributed by atoms with Gasteiger partial charge in [-0.2, -0.15) is 0 Å². The average molecular weight is 392 g/mol. The van der Waals surface area contributed by atoms with Gasteiger partial charge in [-0.3, -0.25) is 24.6 Å². The van der Waals surface area contributed by atoms with Crippen LogP contribution in [0.25, 0.3) is 0 Å². The SMILES string of the molecule is COc1ccc(NC(=O)CN2C(=O)COc3ccc([N+](=O)[O-])cc32)cc1Cl. The number of nitro benzene ring substituents is 1. The van der Waals surface area contributed by atoms with Crippen molar-refractivity contribution in [1.82, 2.24) is 0 Å². The highest BCUT2D eigenvalue weighted by Crippen LogP contribution is 2.35. The maximum Gasteiger partial charge on any atom is 0.271 e. The Hall–Kier alpha value is -3.33. The number of ether oxygens (including phenoxy) is 2. The molecule has 2 aromatic carbocycles. The lowest BCUT2D eigenvalue weighted by Crippen LogP contribution is -2.43. The van der Waals surface area contributed by atoms with Gasteiger partial charge in [0.05, 0.1) is 22.7 Å². The number of rotatable bonds is 5. The quantitative estimate of drug-likeness (QED) is 0.619. The summed E-state index contributed by atoms with van der Waals surface area (Å²) in [5.41, 5.74) is 0.383. The maximum atomic E-state index is 12.4. The van der Waals surface area contributed by atoms with E-state index in [0.717, 1.165) is 4.90 Å². The van der Waals surface area contributed by atoms with Crippen LogP contribution in [-0.2, 0) is 9.59 Å². The standard InChI is InChI=1S/C17H14ClN3O6/c1-26-14-4-2-10(6-12(14)18)19-16(22)8-20-13-7-11(21(24)25)3-5-15(13)27-9-17(20)23/h2-7H,8-9H2,1H3,(H,19,22). The fourth-order valence-electron chi connectivity index (χ4n) is 2.57. The molecule has 0 atom stereocenters. The van der Waals surface area contributed by atoms with Crippen LogP contribution < -0.4 is 19.7 Å². The summed E-state index contributed by atoms with van der Waals surface area (Å²) in [6.45, 7) is -0.591. The van der Waals surface area contributed by atoms with Gasteiger partial charge in [-0.1, -0.05) is 11.6 Å². The smallest absolute Gasteiger partial charge is 0.271 e. The van der Waals surface area contributed by atoms with Gasteiger partial charge in [0.1, 0.15) is 18.0 Å². The van der Waals surface area contributed by atoms with Crippen LogP contribution in [0.5, 0.6) is 11.5 Å². The largest absolute Gasteiger partial charge is 0.495 e. The number of nitrogens with one attached hydrogen (secondary N) is 1. The number of hydrogen-bond donors (Lipinski definition) is 1. The van der Waals surface area contributed by atoms with Crippen molar-refractivity contribution >= 4 is 40.5 Å². The minimum Gasteiger partial charge on any atom is -0.495 e. The molecule has 1 heterocycles. The van der Waals surface area contributed by atoms with Gasteiger partial charge in [-0.25, -0.2) is 0 Å². The molecule has 140 valence electrons. The highest BCUT2D eigenvalue weighted by Gasteiger charge is 2.29. The molecule has 1 aliphatic rings. The normalized spacial score (nSPS) is 12.8. The van der Waals surface area contributed by atoms with Crippen LogP contribution in [0.15, 0.2) is 36.4 Å². The van der Waals surface area contributed by atoms with E-state index in [0.29, 0.717) is 22.2 Å². The van der Waals surface area contributed by atoms with Gasteiger partial charge in [0.15, 0.2) is 6.61 Å². The van der Waals surface area contributed by atoms with E-state index >= 15 is 0 Å². The second-order valence-electron chi connectivity index (χ2n) is 5.58. The molecule has 0 unspecified atom stereocenters. The van der Waals surface area contributed by atoms with Gasteiger partial charge in [0.25, 0.3) is 11.6 Å². The third-order valence-corrected chi connectivity index (χ3v) is 4.13. The van der Waals surface area contributed by atoms with E-state index in [1.807, 2.05) is 0 Å². The van der Waals surface area contributed by atoms with Crippen molar-refractivity contribution in [3.8, 4) is 11.5 Å². The van der Waals surface area contributed by atoms with E-state index in [1.54, 1.807) is 12.1 Å². The first kappa shape index (κ1) is 18.5. The lowest BCUT2D eigenvalue weighted by molar-refractivity contribution is -0.384. The van der Waals surface area contributed by atoms with Crippen LogP contribution in [0.1, 0.15) is 0 Å². The minimum absolute atomic E-state index is 0.170. The van der Waals surface area contributed by atoms with Gasteiger partial charge in [-0.05, 0) is 24.3 Å². The lowest BCUT2D eigenvalue weighted by Gasteiger charge is -2.28. The predicted molar refractivity (Wildman–Crippen MR) is 97.6 cm³/mol. The summed E-state index contributed by atoms with van der Waals surface area (Å²) in [6.07, 6.45) is 0. The zero-order valence-corrected chi connectivity index (χ0v) is 14.9. The Bertz CT molecular complexity index is 933. The monoisotopic (exact) mass is 391 g/mol. The molecule has 1 N–H and O–H groups in total. The topological polar surface area (TPSA) is 111 Å². The number of carbonyl (C=O) groups excluding carboxylic acids is 2. The Labute approximate surface area is 158 Å². The number of fused-ring (bicyclic) bond motifs is 1. The molecular formula is C17H14ClN3O6. The van der Waals surface area contributed by atoms with Crippen molar-refractivity contribution in [1.29, 1.82) is 0 Å². The zero-order chi connectivity index (χ0) is 19.6. The van der Waals surface area contributed by atoms with Crippen molar-refractivity contribution in [2.24, 2.45) is 0 Å². The molecule has 0 spiro atoms. The second kappa shape index (κ2) is 7.50. The van der Waals surface area contributed by atoms with Gasteiger partial charge in [0.2, 0.25) is 5.91 Å². The number of anilines is 2. The van der Waals surface area contributed by atoms with Gasteiger partial charge < -0.3 is 14.8 Å². The Morgan fingerprint density at radius 2 is 2.15 bits per heavy atom. The molecule has 0 bridgehead atoms. The Morgan fingerprint density at radius 3 is 2.81 bits per heavy atom. The van der Waals surface area contributed by atoms with Crippen LogP contribution in [0.2, 0.25) is 5.02 Å². The maximum absolute atomic E-state index is 12.4. The third-order valence-electron chi connectivity index (χ3n) is 3.83. The summed E-state index contributed by atoms with van der Waals surface area (Å²) in [5, 5.41) is 13.9. The zero-order valence-electron chi connectivity index (χ0n) is 14.1. The molecule has 1 aliphatic heterocycles. The van der Waals surface area contributed by atoms with Crippen molar-refractivity contribution in [3.63, 3.8) is 0 Å². The molecule has 3 rings (SSSR count). The van der Waals surface area contributed by atoms with E-state index in [2.05, 4.69) is 5.32 Å². The highest BCUT2D eigenvalue weighted by atomic mass is 35.5. The molecule has 0 radical (unpaired) electrons. The summed E-state index contributed by atoms with van der Waals surface area (Å²) in [5.74, 6) is -0.227. The average Bonchev–Trinajstić information content (AvgIpc) is 2.63. The number of nitrogens with zero attached hydrogens (tertiary/aromatic N) is 2. The Morgan fingerprint density at radius 1 is 1.37 bits per heavy atom. The van der Waals surface area contributed by atoms with Crippen LogP contribution in [0, 0.1) is 10.1 Å². The fourth-order valence-corrected chi connectivity index (χ4v) is 2.82. The summed E-state index contributed by atoms with van der Waals surface area (Å²) >= 11 is 6.02. The lowest BCUT2D eigenvalue weighted by atomic mass is 10.2. The first-order valence-corrected chi connectivity index (χ1v) is 8.12. The molecular weight excluding hydrogens is 378 g/mol. The summed E-state index contributed by atoms with van der Waals surface area (Å²) in [7, 11) is 1.47. The first-order valence-electron chi connectivity index (χ1n) is 7.74. The number of non-ortho nitro benzene ring substituents is 1.